The van der Waals surface area contributed by atoms with Gasteiger partial charge < -0.3 is 4.90 Å². The molecule has 0 radical (unpaired) electrons. The van der Waals surface area contributed by atoms with Crippen molar-refractivity contribution in [3.05, 3.63) is 63.7 Å². The zero-order valence-corrected chi connectivity index (χ0v) is 17.9. The quantitative estimate of drug-likeness (QED) is 0.683. The zero-order chi connectivity index (χ0) is 20.6. The van der Waals surface area contributed by atoms with Gasteiger partial charge in [0.15, 0.2) is 0 Å². The minimum Gasteiger partial charge on any atom is -0.341 e. The van der Waals surface area contributed by atoms with E-state index >= 15 is 0 Å². The van der Waals surface area contributed by atoms with Gasteiger partial charge in [-0.25, -0.2) is 4.68 Å². The van der Waals surface area contributed by atoms with E-state index in [1.165, 1.54) is 5.56 Å². The third-order valence-electron chi connectivity index (χ3n) is 5.59. The molecule has 3 aromatic rings. The van der Waals surface area contributed by atoms with Gasteiger partial charge in [-0.15, -0.1) is 0 Å². The van der Waals surface area contributed by atoms with Crippen LogP contribution >= 0.6 is 0 Å². The fourth-order valence-electron chi connectivity index (χ4n) is 3.62. The minimum atomic E-state index is 0.0849. The van der Waals surface area contributed by atoms with Crippen LogP contribution in [0.4, 0.5) is 0 Å². The molecule has 2 heterocycles. The smallest absolute Gasteiger partial charge is 0.227 e. The van der Waals surface area contributed by atoms with Crippen molar-refractivity contribution in [2.24, 2.45) is 7.05 Å². The third-order valence-corrected chi connectivity index (χ3v) is 5.59. The molecule has 0 bridgehead atoms. The highest BCUT2D eigenvalue weighted by Crippen LogP contribution is 2.22. The third kappa shape index (κ3) is 3.59. The first kappa shape index (κ1) is 19.9. The van der Waals surface area contributed by atoms with E-state index in [9.17, 15) is 4.79 Å². The lowest BCUT2D eigenvalue weighted by atomic mass is 10.1. The number of benzene rings is 1. The second-order valence-corrected chi connectivity index (χ2v) is 7.55. The molecule has 0 aliphatic heterocycles. The Balaban J connectivity index is 1.82. The summed E-state index contributed by atoms with van der Waals surface area (Å²) < 4.78 is 3.81. The summed E-state index contributed by atoms with van der Waals surface area (Å²) in [6.07, 6.45) is 0.367. The van der Waals surface area contributed by atoms with E-state index in [0.29, 0.717) is 13.0 Å². The molecular formula is C22H29N5O. The molecule has 0 N–H and O–H groups in total. The SMILES string of the molecule is Cc1ccccc1-n1nc(C)c(CN(C)C(=O)Cc2c(C)nn(C)c2C)c1C. The Morgan fingerprint density at radius 2 is 1.61 bits per heavy atom. The predicted octanol–water partition coefficient (Wildman–Crippen LogP) is 3.35. The molecule has 3 rings (SSSR count). The van der Waals surface area contributed by atoms with E-state index in [4.69, 9.17) is 5.10 Å². The summed E-state index contributed by atoms with van der Waals surface area (Å²) in [7, 11) is 3.76. The molecule has 0 fully saturated rings. The largest absolute Gasteiger partial charge is 0.341 e. The number of amides is 1. The maximum atomic E-state index is 12.8. The maximum Gasteiger partial charge on any atom is 0.227 e. The molecule has 0 spiro atoms. The van der Waals surface area contributed by atoms with Gasteiger partial charge in [0, 0.05) is 43.2 Å². The molecule has 28 heavy (non-hydrogen) atoms. The summed E-state index contributed by atoms with van der Waals surface area (Å²) in [6, 6.07) is 8.20. The fraction of sp³-hybridized carbons (Fsp3) is 0.409. The zero-order valence-electron chi connectivity index (χ0n) is 17.9. The number of hydrogen-bond donors (Lipinski definition) is 0. The molecular weight excluding hydrogens is 350 g/mol. The monoisotopic (exact) mass is 379 g/mol. The second-order valence-electron chi connectivity index (χ2n) is 7.55. The van der Waals surface area contributed by atoms with E-state index in [-0.39, 0.29) is 5.91 Å². The van der Waals surface area contributed by atoms with E-state index in [0.717, 1.165) is 39.6 Å². The van der Waals surface area contributed by atoms with Crippen LogP contribution in [-0.2, 0) is 24.8 Å². The fourth-order valence-corrected chi connectivity index (χ4v) is 3.62. The van der Waals surface area contributed by atoms with Crippen molar-refractivity contribution in [1.82, 2.24) is 24.5 Å². The molecule has 0 aliphatic rings. The Morgan fingerprint density at radius 3 is 2.21 bits per heavy atom. The lowest BCUT2D eigenvalue weighted by Gasteiger charge is -2.18. The first-order valence-electron chi connectivity index (χ1n) is 9.54. The van der Waals surface area contributed by atoms with E-state index in [1.807, 2.05) is 56.4 Å². The van der Waals surface area contributed by atoms with Crippen LogP contribution in [0.1, 0.15) is 39.5 Å². The molecule has 2 aromatic heterocycles. The highest BCUT2D eigenvalue weighted by Gasteiger charge is 2.20. The van der Waals surface area contributed by atoms with Crippen LogP contribution in [0.5, 0.6) is 0 Å². The van der Waals surface area contributed by atoms with Crippen molar-refractivity contribution in [3.63, 3.8) is 0 Å². The Labute approximate surface area is 166 Å². The van der Waals surface area contributed by atoms with Crippen LogP contribution in [0.15, 0.2) is 24.3 Å². The van der Waals surface area contributed by atoms with Crippen LogP contribution in [0, 0.1) is 34.6 Å². The van der Waals surface area contributed by atoms with Crippen LogP contribution < -0.4 is 0 Å². The summed E-state index contributed by atoms with van der Waals surface area (Å²) in [5, 5.41) is 9.15. The topological polar surface area (TPSA) is 56.0 Å². The van der Waals surface area contributed by atoms with E-state index in [2.05, 4.69) is 31.1 Å². The molecule has 1 amide bonds. The van der Waals surface area contributed by atoms with Crippen molar-refractivity contribution in [2.75, 3.05) is 7.05 Å². The lowest BCUT2D eigenvalue weighted by Crippen LogP contribution is -2.28. The standard InChI is InChI=1S/C22H29N5O/c1-14-10-8-9-11-21(14)27-18(5)20(16(3)24-27)13-25(6)22(28)12-19-15(2)23-26(7)17(19)4/h8-11H,12-13H2,1-7H3. The van der Waals surface area contributed by atoms with Crippen molar-refractivity contribution >= 4 is 5.91 Å². The number of para-hydroxylation sites is 1. The average molecular weight is 380 g/mol. The number of likely N-dealkylation sites (N-methyl/N-ethyl adjacent to an activating group) is 1. The number of rotatable bonds is 5. The van der Waals surface area contributed by atoms with Gasteiger partial charge in [0.05, 0.1) is 23.5 Å². The maximum absolute atomic E-state index is 12.8. The molecule has 0 saturated carbocycles. The van der Waals surface area contributed by atoms with Gasteiger partial charge in [-0.1, -0.05) is 18.2 Å². The molecule has 0 atom stereocenters. The number of aryl methyl sites for hydroxylation is 4. The highest BCUT2D eigenvalue weighted by atomic mass is 16.2. The average Bonchev–Trinajstić information content (AvgIpc) is 3.06. The van der Waals surface area contributed by atoms with Gasteiger partial charge in [-0.05, 0) is 46.2 Å². The van der Waals surface area contributed by atoms with Gasteiger partial charge in [-0.2, -0.15) is 10.2 Å². The summed E-state index contributed by atoms with van der Waals surface area (Å²) in [4.78, 5) is 14.6. The summed E-state index contributed by atoms with van der Waals surface area (Å²) >= 11 is 0. The first-order chi connectivity index (χ1) is 13.2. The van der Waals surface area contributed by atoms with Gasteiger partial charge >= 0.3 is 0 Å². The molecule has 6 heteroatoms. The number of aromatic nitrogens is 4. The molecule has 6 nitrogen and oxygen atoms in total. The molecule has 0 aliphatic carbocycles. The van der Waals surface area contributed by atoms with Crippen molar-refractivity contribution < 1.29 is 4.79 Å². The Kier molecular flexibility index (Phi) is 5.40. The highest BCUT2D eigenvalue weighted by molar-refractivity contribution is 5.79. The molecule has 1 aromatic carbocycles. The van der Waals surface area contributed by atoms with Crippen LogP contribution in [0.3, 0.4) is 0 Å². The number of nitrogens with zero attached hydrogens (tertiary/aromatic N) is 5. The van der Waals surface area contributed by atoms with Gasteiger partial charge in [0.2, 0.25) is 5.91 Å². The van der Waals surface area contributed by atoms with Crippen molar-refractivity contribution in [2.45, 2.75) is 47.6 Å². The van der Waals surface area contributed by atoms with Crippen molar-refractivity contribution in [1.29, 1.82) is 0 Å². The Bertz CT molecular complexity index is 1030. The Hall–Kier alpha value is -2.89. The normalized spacial score (nSPS) is 11.1. The summed E-state index contributed by atoms with van der Waals surface area (Å²) in [5.74, 6) is 0.0849. The lowest BCUT2D eigenvalue weighted by molar-refractivity contribution is -0.129. The van der Waals surface area contributed by atoms with Crippen LogP contribution in [-0.4, -0.2) is 37.4 Å². The molecule has 0 unspecified atom stereocenters. The van der Waals surface area contributed by atoms with Gasteiger partial charge in [0.25, 0.3) is 0 Å². The van der Waals surface area contributed by atoms with E-state index in [1.54, 1.807) is 4.90 Å². The number of carbonyl (C=O) groups excluding carboxylic acids is 1. The van der Waals surface area contributed by atoms with Gasteiger partial charge in [-0.3, -0.25) is 9.48 Å². The minimum absolute atomic E-state index is 0.0849. The van der Waals surface area contributed by atoms with Crippen LogP contribution in [0.2, 0.25) is 0 Å². The second kappa shape index (κ2) is 7.62. The van der Waals surface area contributed by atoms with Crippen molar-refractivity contribution in [3.8, 4) is 5.69 Å². The summed E-state index contributed by atoms with van der Waals surface area (Å²) in [6.45, 7) is 10.7. The van der Waals surface area contributed by atoms with Gasteiger partial charge in [0.1, 0.15) is 0 Å². The molecule has 148 valence electrons. The summed E-state index contributed by atoms with van der Waals surface area (Å²) in [5.41, 5.74) is 8.34. The predicted molar refractivity (Wildman–Crippen MR) is 111 cm³/mol. The first-order valence-corrected chi connectivity index (χ1v) is 9.54. The van der Waals surface area contributed by atoms with E-state index < -0.39 is 0 Å². The Morgan fingerprint density at radius 1 is 0.964 bits per heavy atom. The van der Waals surface area contributed by atoms with Crippen LogP contribution in [0.25, 0.3) is 5.69 Å². The number of hydrogen-bond acceptors (Lipinski definition) is 3. The number of carbonyl (C=O) groups is 1. The molecule has 0 saturated heterocycles.